The molecule has 0 fully saturated rings. The van der Waals surface area contributed by atoms with E-state index in [2.05, 4.69) is 9.97 Å². The lowest BCUT2D eigenvalue weighted by molar-refractivity contribution is 1.04. The van der Waals surface area contributed by atoms with E-state index in [4.69, 9.17) is 23.2 Å². The van der Waals surface area contributed by atoms with Crippen LogP contribution in [0.25, 0.3) is 16.5 Å². The minimum atomic E-state index is 0.497. The molecule has 1 aromatic carbocycles. The first-order valence-corrected chi connectivity index (χ1v) is 6.99. The largest absolute Gasteiger partial charge is 0.397 e. The van der Waals surface area contributed by atoms with Crippen LogP contribution in [0.15, 0.2) is 61.2 Å². The molecule has 0 spiro atoms. The molecule has 2 heterocycles. The lowest BCUT2D eigenvalue weighted by Gasteiger charge is -2.16. The molecule has 4 N–H and O–H groups in total. The van der Waals surface area contributed by atoms with Crippen LogP contribution in [-0.4, -0.2) is 9.97 Å². The SMILES string of the molecule is N/C(=C\N(N)c1ncc(Cl)c2ccccc12)c1cccnc1. The number of hydrogen-bond donors (Lipinski definition) is 2. The molecule has 0 unspecified atom stereocenters. The van der Waals surface area contributed by atoms with Gasteiger partial charge >= 0.3 is 0 Å². The summed E-state index contributed by atoms with van der Waals surface area (Å²) in [5.74, 6) is 6.68. The van der Waals surface area contributed by atoms with E-state index < -0.39 is 0 Å². The maximum Gasteiger partial charge on any atom is 0.154 e. The van der Waals surface area contributed by atoms with Gasteiger partial charge in [0.15, 0.2) is 5.82 Å². The minimum Gasteiger partial charge on any atom is -0.397 e. The highest BCUT2D eigenvalue weighted by Gasteiger charge is 2.10. The molecule has 0 amide bonds. The zero-order valence-electron chi connectivity index (χ0n) is 11.6. The summed E-state index contributed by atoms with van der Waals surface area (Å²) in [5, 5.41) is 3.71. The van der Waals surface area contributed by atoms with Crippen LogP contribution in [0.4, 0.5) is 5.82 Å². The highest BCUT2D eigenvalue weighted by molar-refractivity contribution is 6.35. The van der Waals surface area contributed by atoms with Crippen molar-refractivity contribution in [3.05, 3.63) is 71.8 Å². The highest BCUT2D eigenvalue weighted by Crippen LogP contribution is 2.29. The number of pyridine rings is 2. The van der Waals surface area contributed by atoms with Crippen molar-refractivity contribution in [2.75, 3.05) is 5.01 Å². The molecule has 2 aromatic heterocycles. The van der Waals surface area contributed by atoms with Crippen LogP contribution < -0.4 is 16.6 Å². The molecule has 3 rings (SSSR count). The topological polar surface area (TPSA) is 81.1 Å². The van der Waals surface area contributed by atoms with E-state index in [1.165, 1.54) is 5.01 Å². The molecule has 0 saturated carbocycles. The summed E-state index contributed by atoms with van der Waals surface area (Å²) < 4.78 is 0. The Morgan fingerprint density at radius 1 is 1.09 bits per heavy atom. The van der Waals surface area contributed by atoms with E-state index >= 15 is 0 Å². The number of nitrogens with zero attached hydrogens (tertiary/aromatic N) is 3. The molecule has 0 aliphatic heterocycles. The van der Waals surface area contributed by atoms with Gasteiger partial charge in [-0.1, -0.05) is 35.9 Å². The number of rotatable bonds is 3. The van der Waals surface area contributed by atoms with Crippen molar-refractivity contribution in [3.8, 4) is 0 Å². The highest BCUT2D eigenvalue weighted by atomic mass is 35.5. The van der Waals surface area contributed by atoms with E-state index in [9.17, 15) is 0 Å². The number of fused-ring (bicyclic) bond motifs is 1. The number of anilines is 1. The molecule has 3 aromatic rings. The molecule has 0 atom stereocenters. The van der Waals surface area contributed by atoms with Crippen molar-refractivity contribution in [1.29, 1.82) is 0 Å². The Balaban J connectivity index is 2.03. The van der Waals surface area contributed by atoms with E-state index in [1.807, 2.05) is 36.4 Å². The quantitative estimate of drug-likeness (QED) is 0.574. The van der Waals surface area contributed by atoms with Crippen LogP contribution in [0.2, 0.25) is 5.02 Å². The van der Waals surface area contributed by atoms with Crippen LogP contribution in [0.1, 0.15) is 5.56 Å². The molecule has 0 aliphatic carbocycles. The first-order valence-electron chi connectivity index (χ1n) is 6.61. The summed E-state index contributed by atoms with van der Waals surface area (Å²) in [5.41, 5.74) is 7.34. The van der Waals surface area contributed by atoms with E-state index in [0.29, 0.717) is 16.5 Å². The van der Waals surface area contributed by atoms with Gasteiger partial charge in [-0.3, -0.25) is 9.99 Å². The van der Waals surface area contributed by atoms with Gasteiger partial charge in [0.25, 0.3) is 0 Å². The molecule has 0 saturated heterocycles. The number of benzene rings is 1. The van der Waals surface area contributed by atoms with Crippen LogP contribution in [-0.2, 0) is 0 Å². The van der Waals surface area contributed by atoms with Crippen LogP contribution in [0, 0.1) is 0 Å². The van der Waals surface area contributed by atoms with Crippen molar-refractivity contribution in [2.24, 2.45) is 11.6 Å². The molecule has 22 heavy (non-hydrogen) atoms. The van der Waals surface area contributed by atoms with Crippen molar-refractivity contribution in [3.63, 3.8) is 0 Å². The lowest BCUT2D eigenvalue weighted by Crippen LogP contribution is -2.27. The van der Waals surface area contributed by atoms with Gasteiger partial charge in [-0.25, -0.2) is 10.8 Å². The van der Waals surface area contributed by atoms with Crippen LogP contribution in [0.3, 0.4) is 0 Å². The van der Waals surface area contributed by atoms with Crippen LogP contribution >= 0.6 is 11.6 Å². The standard InChI is InChI=1S/C16H14ClN5/c17-14-9-21-16(13-6-2-1-5-12(13)14)22(19)10-15(18)11-4-3-7-20-8-11/h1-10H,18-19H2/b15-10-. The van der Waals surface area contributed by atoms with Crippen molar-refractivity contribution in [2.45, 2.75) is 0 Å². The predicted molar refractivity (Wildman–Crippen MR) is 89.8 cm³/mol. The van der Waals surface area contributed by atoms with Gasteiger partial charge < -0.3 is 5.73 Å². The minimum absolute atomic E-state index is 0.497. The molecule has 5 nitrogen and oxygen atoms in total. The monoisotopic (exact) mass is 311 g/mol. The summed E-state index contributed by atoms with van der Waals surface area (Å²) in [7, 11) is 0. The number of nitrogens with two attached hydrogens (primary N) is 2. The Labute approximate surface area is 132 Å². The average Bonchev–Trinajstić information content (AvgIpc) is 2.56. The summed E-state index contributed by atoms with van der Waals surface area (Å²) in [6.45, 7) is 0. The van der Waals surface area contributed by atoms with E-state index in [-0.39, 0.29) is 0 Å². The van der Waals surface area contributed by atoms with E-state index in [1.54, 1.807) is 24.8 Å². The second-order valence-corrected chi connectivity index (χ2v) is 5.12. The summed E-state index contributed by atoms with van der Waals surface area (Å²) in [4.78, 5) is 8.34. The maximum atomic E-state index is 6.17. The van der Waals surface area contributed by atoms with Gasteiger partial charge in [0, 0.05) is 41.1 Å². The van der Waals surface area contributed by atoms with Crippen molar-refractivity contribution in [1.82, 2.24) is 9.97 Å². The second kappa shape index (κ2) is 6.01. The fourth-order valence-electron chi connectivity index (χ4n) is 2.17. The molecule has 0 bridgehead atoms. The van der Waals surface area contributed by atoms with Gasteiger partial charge in [-0.2, -0.15) is 0 Å². The fraction of sp³-hybridized carbons (Fsp3) is 0. The Morgan fingerprint density at radius 3 is 2.59 bits per heavy atom. The van der Waals surface area contributed by atoms with Gasteiger partial charge in [-0.15, -0.1) is 0 Å². The third kappa shape index (κ3) is 2.72. The Morgan fingerprint density at radius 2 is 1.86 bits per heavy atom. The zero-order valence-corrected chi connectivity index (χ0v) is 12.4. The molecule has 110 valence electrons. The number of hydrazine groups is 1. The lowest BCUT2D eigenvalue weighted by atomic mass is 10.1. The number of aromatic nitrogens is 2. The van der Waals surface area contributed by atoms with Gasteiger partial charge in [0.2, 0.25) is 0 Å². The normalized spacial score (nSPS) is 11.6. The van der Waals surface area contributed by atoms with Gasteiger partial charge in [0.1, 0.15) is 0 Å². The molecule has 0 radical (unpaired) electrons. The van der Waals surface area contributed by atoms with Gasteiger partial charge in [0.05, 0.1) is 10.7 Å². The second-order valence-electron chi connectivity index (χ2n) is 4.71. The Hall–Kier alpha value is -2.63. The third-order valence-corrected chi connectivity index (χ3v) is 3.54. The summed E-state index contributed by atoms with van der Waals surface area (Å²) >= 11 is 6.17. The number of halogens is 1. The first kappa shape index (κ1) is 14.3. The fourth-order valence-corrected chi connectivity index (χ4v) is 2.38. The smallest absolute Gasteiger partial charge is 0.154 e. The summed E-state index contributed by atoms with van der Waals surface area (Å²) in [6, 6.07) is 11.3. The third-order valence-electron chi connectivity index (χ3n) is 3.24. The average molecular weight is 312 g/mol. The zero-order chi connectivity index (χ0) is 15.5. The molecular formula is C16H14ClN5. The number of hydrogen-bond acceptors (Lipinski definition) is 5. The van der Waals surface area contributed by atoms with Crippen molar-refractivity contribution < 1.29 is 0 Å². The van der Waals surface area contributed by atoms with E-state index in [0.717, 1.165) is 16.3 Å². The molecule has 6 heteroatoms. The Kier molecular flexibility index (Phi) is 3.91. The first-order chi connectivity index (χ1) is 10.7. The molecular weight excluding hydrogens is 298 g/mol. The maximum absolute atomic E-state index is 6.17. The predicted octanol–water partition coefficient (Wildman–Crippen LogP) is 2.92. The molecule has 0 aliphatic rings. The summed E-state index contributed by atoms with van der Waals surface area (Å²) in [6.07, 6.45) is 6.55. The van der Waals surface area contributed by atoms with Crippen molar-refractivity contribution >= 4 is 33.9 Å². The van der Waals surface area contributed by atoms with Gasteiger partial charge in [-0.05, 0) is 12.1 Å². The Bertz CT molecular complexity index is 832. The van der Waals surface area contributed by atoms with Crippen LogP contribution in [0.5, 0.6) is 0 Å².